The summed E-state index contributed by atoms with van der Waals surface area (Å²) in [5.41, 5.74) is 4.40. The van der Waals surface area contributed by atoms with Crippen LogP contribution in [0.5, 0.6) is 0 Å². The van der Waals surface area contributed by atoms with Gasteiger partial charge < -0.3 is 5.32 Å². The summed E-state index contributed by atoms with van der Waals surface area (Å²) in [7, 11) is 0. The zero-order valence-corrected chi connectivity index (χ0v) is 13.6. The fourth-order valence-electron chi connectivity index (χ4n) is 4.19. The Bertz CT molecular complexity index is 857. The molecule has 24 heavy (non-hydrogen) atoms. The Morgan fingerprint density at radius 2 is 2.04 bits per heavy atom. The molecule has 1 aromatic carbocycles. The summed E-state index contributed by atoms with van der Waals surface area (Å²) in [6.07, 6.45) is 7.37. The van der Waals surface area contributed by atoms with Crippen LogP contribution in [0.1, 0.15) is 12.0 Å². The number of likely N-dealkylation sites (tertiary alicyclic amines) is 1. The fraction of sp³-hybridized carbons (Fsp3) is 0.368. The molecular formula is C19H21N5. The molecule has 0 aliphatic carbocycles. The third-order valence-corrected chi connectivity index (χ3v) is 5.44. The van der Waals surface area contributed by atoms with E-state index in [1.54, 1.807) is 0 Å². The van der Waals surface area contributed by atoms with Crippen LogP contribution in [-0.2, 0) is 6.54 Å². The SMILES string of the molecule is c1ccc(-c2cnn3cc(CN4CC[C@H]5CNC[C@H]54)cnc23)cc1. The second-order valence-electron chi connectivity index (χ2n) is 6.90. The van der Waals surface area contributed by atoms with E-state index in [1.165, 1.54) is 25.1 Å². The van der Waals surface area contributed by atoms with Crippen molar-refractivity contribution >= 4 is 5.65 Å². The minimum absolute atomic E-state index is 0.693. The molecule has 0 radical (unpaired) electrons. The number of nitrogens with one attached hydrogen (secondary N) is 1. The highest BCUT2D eigenvalue weighted by molar-refractivity contribution is 5.76. The first-order valence-electron chi connectivity index (χ1n) is 8.71. The molecule has 0 unspecified atom stereocenters. The Morgan fingerprint density at radius 1 is 1.12 bits per heavy atom. The molecule has 0 spiro atoms. The predicted molar refractivity (Wildman–Crippen MR) is 93.6 cm³/mol. The molecule has 3 aromatic rings. The summed E-state index contributed by atoms with van der Waals surface area (Å²) in [5, 5.41) is 8.04. The third kappa shape index (κ3) is 2.32. The Labute approximate surface area is 141 Å². The second kappa shape index (κ2) is 5.69. The van der Waals surface area contributed by atoms with Gasteiger partial charge in [0.25, 0.3) is 0 Å². The van der Waals surface area contributed by atoms with Gasteiger partial charge in [-0.25, -0.2) is 9.50 Å². The maximum Gasteiger partial charge on any atom is 0.162 e. The van der Waals surface area contributed by atoms with Crippen LogP contribution in [0, 0.1) is 5.92 Å². The first-order chi connectivity index (χ1) is 11.9. The van der Waals surface area contributed by atoms with E-state index in [1.807, 2.05) is 35.1 Å². The van der Waals surface area contributed by atoms with E-state index in [0.717, 1.165) is 35.8 Å². The van der Waals surface area contributed by atoms with E-state index in [-0.39, 0.29) is 0 Å². The normalized spacial score (nSPS) is 23.8. The van der Waals surface area contributed by atoms with E-state index in [9.17, 15) is 0 Å². The molecule has 4 heterocycles. The molecule has 122 valence electrons. The number of aromatic nitrogens is 3. The maximum absolute atomic E-state index is 4.70. The van der Waals surface area contributed by atoms with Crippen LogP contribution in [0.25, 0.3) is 16.8 Å². The van der Waals surface area contributed by atoms with Crippen LogP contribution < -0.4 is 5.32 Å². The van der Waals surface area contributed by atoms with Crippen molar-refractivity contribution in [2.75, 3.05) is 19.6 Å². The zero-order chi connectivity index (χ0) is 15.9. The minimum atomic E-state index is 0.693. The van der Waals surface area contributed by atoms with Gasteiger partial charge >= 0.3 is 0 Å². The van der Waals surface area contributed by atoms with Gasteiger partial charge in [-0.3, -0.25) is 4.90 Å². The average Bonchev–Trinajstić information content (AvgIpc) is 3.32. The lowest BCUT2D eigenvalue weighted by Crippen LogP contribution is -2.33. The molecule has 1 N–H and O–H groups in total. The Kier molecular flexibility index (Phi) is 3.35. The van der Waals surface area contributed by atoms with Gasteiger partial charge in [0.05, 0.1) is 6.20 Å². The highest BCUT2D eigenvalue weighted by atomic mass is 15.3. The number of fused-ring (bicyclic) bond motifs is 2. The summed E-state index contributed by atoms with van der Waals surface area (Å²) in [6, 6.07) is 11.0. The van der Waals surface area contributed by atoms with Crippen molar-refractivity contribution in [1.82, 2.24) is 24.8 Å². The van der Waals surface area contributed by atoms with Gasteiger partial charge in [-0.1, -0.05) is 30.3 Å². The van der Waals surface area contributed by atoms with Crippen LogP contribution >= 0.6 is 0 Å². The summed E-state index contributed by atoms with van der Waals surface area (Å²) in [6.45, 7) is 4.47. The van der Waals surface area contributed by atoms with Gasteiger partial charge in [-0.2, -0.15) is 5.10 Å². The van der Waals surface area contributed by atoms with Gasteiger partial charge in [-0.15, -0.1) is 0 Å². The number of benzene rings is 1. The summed E-state index contributed by atoms with van der Waals surface area (Å²) in [4.78, 5) is 7.30. The topological polar surface area (TPSA) is 45.5 Å². The molecule has 2 atom stereocenters. The van der Waals surface area contributed by atoms with Crippen LogP contribution in [0.2, 0.25) is 0 Å². The molecule has 5 rings (SSSR count). The molecule has 0 bridgehead atoms. The standard InChI is InChI=1S/C19H21N5/c1-2-4-15(5-3-1)17-10-22-24-13-14(8-21-19(17)24)12-23-7-6-16-9-20-11-18(16)23/h1-5,8,10,13,16,18,20H,6-7,9,11-12H2/t16-,18+/m0/s1. The van der Waals surface area contributed by atoms with Crippen molar-refractivity contribution in [1.29, 1.82) is 0 Å². The molecule has 2 fully saturated rings. The fourth-order valence-corrected chi connectivity index (χ4v) is 4.19. The lowest BCUT2D eigenvalue weighted by atomic mass is 10.1. The Morgan fingerprint density at radius 3 is 2.96 bits per heavy atom. The molecule has 5 heteroatoms. The molecule has 2 aromatic heterocycles. The molecular weight excluding hydrogens is 298 g/mol. The molecule has 2 aliphatic heterocycles. The van der Waals surface area contributed by atoms with Crippen LogP contribution in [0.15, 0.2) is 48.9 Å². The van der Waals surface area contributed by atoms with Gasteiger partial charge in [0.15, 0.2) is 5.65 Å². The van der Waals surface area contributed by atoms with Crippen molar-refractivity contribution in [3.05, 3.63) is 54.5 Å². The molecule has 0 amide bonds. The van der Waals surface area contributed by atoms with Gasteiger partial charge in [0.1, 0.15) is 0 Å². The van der Waals surface area contributed by atoms with Gasteiger partial charge in [-0.05, 0) is 31.0 Å². The van der Waals surface area contributed by atoms with Crippen molar-refractivity contribution in [3.8, 4) is 11.1 Å². The third-order valence-electron chi connectivity index (χ3n) is 5.44. The summed E-state index contributed by atoms with van der Waals surface area (Å²) < 4.78 is 1.91. The number of rotatable bonds is 3. The second-order valence-corrected chi connectivity index (χ2v) is 6.90. The number of nitrogens with zero attached hydrogens (tertiary/aromatic N) is 4. The molecule has 0 saturated carbocycles. The minimum Gasteiger partial charge on any atom is -0.315 e. The predicted octanol–water partition coefficient (Wildman–Crippen LogP) is 2.19. The zero-order valence-electron chi connectivity index (χ0n) is 13.6. The Balaban J connectivity index is 1.43. The van der Waals surface area contributed by atoms with E-state index in [0.29, 0.717) is 6.04 Å². The highest BCUT2D eigenvalue weighted by Crippen LogP contribution is 2.29. The van der Waals surface area contributed by atoms with E-state index in [4.69, 9.17) is 4.98 Å². The maximum atomic E-state index is 4.70. The van der Waals surface area contributed by atoms with Crippen LogP contribution in [0.4, 0.5) is 0 Å². The molecule has 2 aliphatic rings. The largest absolute Gasteiger partial charge is 0.315 e. The van der Waals surface area contributed by atoms with Gasteiger partial charge in [0.2, 0.25) is 0 Å². The highest BCUT2D eigenvalue weighted by Gasteiger charge is 2.37. The smallest absolute Gasteiger partial charge is 0.162 e. The monoisotopic (exact) mass is 319 g/mol. The first kappa shape index (κ1) is 14.1. The molecule has 5 nitrogen and oxygen atoms in total. The summed E-state index contributed by atoms with van der Waals surface area (Å²) >= 11 is 0. The van der Waals surface area contributed by atoms with Crippen LogP contribution in [-0.4, -0.2) is 45.2 Å². The van der Waals surface area contributed by atoms with Crippen molar-refractivity contribution < 1.29 is 0 Å². The van der Waals surface area contributed by atoms with Crippen LogP contribution in [0.3, 0.4) is 0 Å². The lowest BCUT2D eigenvalue weighted by Gasteiger charge is -2.22. The quantitative estimate of drug-likeness (QED) is 0.804. The lowest BCUT2D eigenvalue weighted by molar-refractivity contribution is 0.243. The number of hydrogen-bond donors (Lipinski definition) is 1. The van der Waals surface area contributed by atoms with E-state index in [2.05, 4.69) is 33.6 Å². The van der Waals surface area contributed by atoms with Crippen molar-refractivity contribution in [2.45, 2.75) is 19.0 Å². The average molecular weight is 319 g/mol. The van der Waals surface area contributed by atoms with E-state index < -0.39 is 0 Å². The summed E-state index contributed by atoms with van der Waals surface area (Å²) in [5.74, 6) is 0.830. The van der Waals surface area contributed by atoms with E-state index >= 15 is 0 Å². The first-order valence-corrected chi connectivity index (χ1v) is 8.71. The van der Waals surface area contributed by atoms with Gasteiger partial charge in [0, 0.05) is 42.7 Å². The van der Waals surface area contributed by atoms with Crippen molar-refractivity contribution in [2.24, 2.45) is 5.92 Å². The van der Waals surface area contributed by atoms with Crippen molar-refractivity contribution in [3.63, 3.8) is 0 Å². The number of hydrogen-bond acceptors (Lipinski definition) is 4. The Hall–Kier alpha value is -2.24. The molecule has 2 saturated heterocycles.